The maximum absolute atomic E-state index is 10.9. The molecule has 0 spiro atoms. The molecule has 0 radical (unpaired) electrons. The average Bonchev–Trinajstić information content (AvgIpc) is 3.13. The van der Waals surface area contributed by atoms with Crippen molar-refractivity contribution in [3.63, 3.8) is 0 Å². The summed E-state index contributed by atoms with van der Waals surface area (Å²) in [6.45, 7) is 0. The summed E-state index contributed by atoms with van der Waals surface area (Å²) in [5.41, 5.74) is 2.42. The van der Waals surface area contributed by atoms with Gasteiger partial charge < -0.3 is 5.32 Å². The van der Waals surface area contributed by atoms with E-state index in [0.717, 1.165) is 29.6 Å². The van der Waals surface area contributed by atoms with Crippen molar-refractivity contribution in [2.75, 3.05) is 5.32 Å². The van der Waals surface area contributed by atoms with Crippen LogP contribution < -0.4 is 5.32 Å². The number of fused-ring (bicyclic) bond motifs is 1. The van der Waals surface area contributed by atoms with Crippen molar-refractivity contribution in [2.24, 2.45) is 4.99 Å². The molecule has 1 aliphatic rings. The van der Waals surface area contributed by atoms with E-state index in [0.29, 0.717) is 5.96 Å². The Kier molecular flexibility index (Phi) is 4.78. The van der Waals surface area contributed by atoms with Crippen LogP contribution in [0.25, 0.3) is 11.0 Å². The SMILES string of the molecule is O=[N+]([O-])c1ccc(NC(=NC2CCCCC2)n2nnc3ccccc32)cc1. The molecule has 138 valence electrons. The molecule has 1 saturated carbocycles. The first kappa shape index (κ1) is 17.1. The summed E-state index contributed by atoms with van der Waals surface area (Å²) in [6, 6.07) is 14.2. The standard InChI is InChI=1S/C19H20N6O2/c26-25(27)16-12-10-15(11-13-16)21-19(20-14-6-2-1-3-7-14)24-18-9-5-4-8-17(18)22-23-24/h4-5,8-14H,1-3,6-7H2,(H,20,21). The molecule has 4 rings (SSSR count). The first-order chi connectivity index (χ1) is 13.2. The zero-order valence-corrected chi connectivity index (χ0v) is 14.8. The van der Waals surface area contributed by atoms with Crippen LogP contribution in [0.15, 0.2) is 53.5 Å². The van der Waals surface area contributed by atoms with Crippen LogP contribution >= 0.6 is 0 Å². The van der Waals surface area contributed by atoms with Gasteiger partial charge in [-0.05, 0) is 37.1 Å². The summed E-state index contributed by atoms with van der Waals surface area (Å²) in [7, 11) is 0. The molecule has 8 heteroatoms. The molecule has 0 amide bonds. The van der Waals surface area contributed by atoms with Crippen LogP contribution in [0.1, 0.15) is 32.1 Å². The van der Waals surface area contributed by atoms with E-state index in [9.17, 15) is 10.1 Å². The van der Waals surface area contributed by atoms with Gasteiger partial charge in [0, 0.05) is 17.8 Å². The lowest BCUT2D eigenvalue weighted by Crippen LogP contribution is -2.26. The summed E-state index contributed by atoms with van der Waals surface area (Å²) in [5.74, 6) is 0.587. The number of aromatic nitrogens is 3. The Morgan fingerprint density at radius 2 is 1.85 bits per heavy atom. The van der Waals surface area contributed by atoms with E-state index in [1.54, 1.807) is 16.8 Å². The molecule has 0 atom stereocenters. The zero-order chi connectivity index (χ0) is 18.6. The van der Waals surface area contributed by atoms with Crippen molar-refractivity contribution < 1.29 is 4.92 Å². The van der Waals surface area contributed by atoms with Crippen molar-refractivity contribution in [1.29, 1.82) is 0 Å². The van der Waals surface area contributed by atoms with Crippen LogP contribution in [0.5, 0.6) is 0 Å². The lowest BCUT2D eigenvalue weighted by atomic mass is 9.96. The summed E-state index contributed by atoms with van der Waals surface area (Å²) in [5, 5.41) is 22.6. The van der Waals surface area contributed by atoms with Crippen molar-refractivity contribution >= 4 is 28.4 Å². The van der Waals surface area contributed by atoms with Gasteiger partial charge in [-0.15, -0.1) is 5.10 Å². The number of anilines is 1. The van der Waals surface area contributed by atoms with E-state index < -0.39 is 4.92 Å². The molecule has 2 aromatic carbocycles. The number of non-ortho nitro benzene ring substituents is 1. The van der Waals surface area contributed by atoms with Crippen molar-refractivity contribution in [3.05, 3.63) is 58.6 Å². The number of para-hydroxylation sites is 1. The van der Waals surface area contributed by atoms with Crippen LogP contribution in [-0.4, -0.2) is 31.9 Å². The number of nitro benzene ring substituents is 1. The molecule has 0 bridgehead atoms. The molecule has 0 saturated heterocycles. The van der Waals surface area contributed by atoms with Crippen molar-refractivity contribution in [3.8, 4) is 0 Å². The van der Waals surface area contributed by atoms with E-state index >= 15 is 0 Å². The Hall–Kier alpha value is -3.29. The molecule has 1 aromatic heterocycles. The van der Waals surface area contributed by atoms with Gasteiger partial charge in [-0.25, -0.2) is 4.99 Å². The zero-order valence-electron chi connectivity index (χ0n) is 14.8. The fourth-order valence-electron chi connectivity index (χ4n) is 3.34. The fraction of sp³-hybridized carbons (Fsp3) is 0.316. The van der Waals surface area contributed by atoms with E-state index in [2.05, 4.69) is 15.6 Å². The van der Waals surface area contributed by atoms with Crippen LogP contribution in [-0.2, 0) is 0 Å². The molecule has 1 heterocycles. The van der Waals surface area contributed by atoms with Gasteiger partial charge in [0.25, 0.3) is 5.69 Å². The minimum Gasteiger partial charge on any atom is -0.324 e. The maximum Gasteiger partial charge on any atom is 0.269 e. The second-order valence-corrected chi connectivity index (χ2v) is 6.66. The molecule has 3 aromatic rings. The smallest absolute Gasteiger partial charge is 0.269 e. The molecule has 1 fully saturated rings. The van der Waals surface area contributed by atoms with Crippen LogP contribution in [0.4, 0.5) is 11.4 Å². The first-order valence-corrected chi connectivity index (χ1v) is 9.11. The number of rotatable bonds is 3. The second kappa shape index (κ2) is 7.53. The molecule has 0 aliphatic heterocycles. The van der Waals surface area contributed by atoms with E-state index in [-0.39, 0.29) is 11.7 Å². The quantitative estimate of drug-likeness (QED) is 0.328. The van der Waals surface area contributed by atoms with Gasteiger partial charge in [0.1, 0.15) is 5.52 Å². The number of benzene rings is 2. The van der Waals surface area contributed by atoms with Gasteiger partial charge >= 0.3 is 0 Å². The third kappa shape index (κ3) is 3.79. The molecule has 8 nitrogen and oxygen atoms in total. The summed E-state index contributed by atoms with van der Waals surface area (Å²) in [6.07, 6.45) is 5.72. The number of nitrogens with one attached hydrogen (secondary N) is 1. The predicted octanol–water partition coefficient (Wildman–Crippen LogP) is 3.99. The highest BCUT2D eigenvalue weighted by atomic mass is 16.6. The lowest BCUT2D eigenvalue weighted by molar-refractivity contribution is -0.384. The highest BCUT2D eigenvalue weighted by Crippen LogP contribution is 2.22. The number of hydrogen-bond donors (Lipinski definition) is 1. The maximum atomic E-state index is 10.9. The van der Waals surface area contributed by atoms with Gasteiger partial charge in [-0.2, -0.15) is 4.68 Å². The van der Waals surface area contributed by atoms with Crippen LogP contribution in [0, 0.1) is 10.1 Å². The van der Waals surface area contributed by atoms with Crippen LogP contribution in [0.3, 0.4) is 0 Å². The minimum absolute atomic E-state index is 0.0533. The largest absolute Gasteiger partial charge is 0.324 e. The number of aliphatic imine (C=N–C) groups is 1. The fourth-order valence-corrected chi connectivity index (χ4v) is 3.34. The average molecular weight is 364 g/mol. The van der Waals surface area contributed by atoms with E-state index in [1.807, 2.05) is 24.3 Å². The highest BCUT2D eigenvalue weighted by Gasteiger charge is 2.17. The summed E-state index contributed by atoms with van der Waals surface area (Å²) < 4.78 is 1.70. The predicted molar refractivity (Wildman–Crippen MR) is 104 cm³/mol. The number of nitrogens with zero attached hydrogens (tertiary/aromatic N) is 5. The number of nitro groups is 1. The third-order valence-electron chi connectivity index (χ3n) is 4.77. The highest BCUT2D eigenvalue weighted by molar-refractivity contribution is 5.99. The molecule has 27 heavy (non-hydrogen) atoms. The van der Waals surface area contributed by atoms with Gasteiger partial charge in [-0.3, -0.25) is 10.1 Å². The molecular weight excluding hydrogens is 344 g/mol. The second-order valence-electron chi connectivity index (χ2n) is 6.66. The Morgan fingerprint density at radius 3 is 2.59 bits per heavy atom. The van der Waals surface area contributed by atoms with Gasteiger partial charge in [-0.1, -0.05) is 36.6 Å². The van der Waals surface area contributed by atoms with Gasteiger partial charge in [0.2, 0.25) is 5.96 Å². The molecule has 0 unspecified atom stereocenters. The van der Waals surface area contributed by atoms with Crippen LogP contribution in [0.2, 0.25) is 0 Å². The monoisotopic (exact) mass is 364 g/mol. The Morgan fingerprint density at radius 1 is 1.11 bits per heavy atom. The third-order valence-corrected chi connectivity index (χ3v) is 4.77. The summed E-state index contributed by atoms with van der Waals surface area (Å²) in [4.78, 5) is 15.4. The molecule has 1 aliphatic carbocycles. The Bertz CT molecular complexity index is 973. The normalized spacial score (nSPS) is 15.8. The molecule has 1 N–H and O–H groups in total. The number of hydrogen-bond acceptors (Lipinski definition) is 5. The van der Waals surface area contributed by atoms with Crippen molar-refractivity contribution in [2.45, 2.75) is 38.1 Å². The summed E-state index contributed by atoms with van der Waals surface area (Å²) >= 11 is 0. The Labute approximate surface area is 156 Å². The van der Waals surface area contributed by atoms with E-state index in [1.165, 1.54) is 31.4 Å². The van der Waals surface area contributed by atoms with Gasteiger partial charge in [0.15, 0.2) is 0 Å². The molecular formula is C19H20N6O2. The lowest BCUT2D eigenvalue weighted by Gasteiger charge is -2.20. The Balaban J connectivity index is 1.69. The van der Waals surface area contributed by atoms with E-state index in [4.69, 9.17) is 4.99 Å². The van der Waals surface area contributed by atoms with Gasteiger partial charge in [0.05, 0.1) is 16.5 Å². The topological polar surface area (TPSA) is 98.2 Å². The van der Waals surface area contributed by atoms with Crippen molar-refractivity contribution in [1.82, 2.24) is 15.0 Å². The first-order valence-electron chi connectivity index (χ1n) is 9.11. The minimum atomic E-state index is -0.411.